The fourth-order valence-corrected chi connectivity index (χ4v) is 0.421. The number of primary amides is 1. The summed E-state index contributed by atoms with van der Waals surface area (Å²) in [6, 6.07) is -1.38. The van der Waals surface area contributed by atoms with Crippen molar-refractivity contribution in [3.05, 3.63) is 0 Å². The van der Waals surface area contributed by atoms with Gasteiger partial charge in [-0.2, -0.15) is 0 Å². The smallest absolute Gasteiger partial charge is 0.319 e. The summed E-state index contributed by atoms with van der Waals surface area (Å²) in [5.41, 5.74) is 2.40. The summed E-state index contributed by atoms with van der Waals surface area (Å²) in [5, 5.41) is 1.09. The number of hydrogen-bond donors (Lipinski definition) is 2. The number of amides is 3. The SMILES string of the molecule is NC(=O)NC(=O)P(=O)([O-])[O-]. The van der Waals surface area contributed by atoms with Crippen LogP contribution in [0.15, 0.2) is 0 Å². The third-order valence-corrected chi connectivity index (χ3v) is 1.09. The van der Waals surface area contributed by atoms with Gasteiger partial charge in [0.05, 0.1) is 0 Å². The van der Waals surface area contributed by atoms with E-state index in [2.05, 4.69) is 5.73 Å². The van der Waals surface area contributed by atoms with E-state index in [9.17, 15) is 23.9 Å². The molecule has 0 atom stereocenters. The van der Waals surface area contributed by atoms with Crippen LogP contribution in [0.4, 0.5) is 9.59 Å². The second kappa shape index (κ2) is 2.78. The molecule has 0 saturated heterocycles. The summed E-state index contributed by atoms with van der Waals surface area (Å²) < 4.78 is 9.72. The third-order valence-electron chi connectivity index (χ3n) is 0.479. The molecule has 3 amide bonds. The van der Waals surface area contributed by atoms with Crippen LogP contribution in [0.2, 0.25) is 0 Å². The summed E-state index contributed by atoms with van der Waals surface area (Å²) in [5.74, 6) is 0. The largest absolute Gasteiger partial charge is 0.804 e. The average molecular weight is 166 g/mol. The molecule has 0 aromatic carbocycles. The van der Waals surface area contributed by atoms with Crippen molar-refractivity contribution in [3.8, 4) is 0 Å². The highest BCUT2D eigenvalue weighted by Gasteiger charge is 2.06. The van der Waals surface area contributed by atoms with Gasteiger partial charge in [-0.3, -0.25) is 10.1 Å². The van der Waals surface area contributed by atoms with Crippen molar-refractivity contribution in [2.24, 2.45) is 5.73 Å². The van der Waals surface area contributed by atoms with Crippen molar-refractivity contribution in [2.45, 2.75) is 0 Å². The molecule has 0 fully saturated rings. The lowest BCUT2D eigenvalue weighted by Crippen LogP contribution is -2.38. The first kappa shape index (κ1) is 9.09. The third kappa shape index (κ3) is 3.18. The number of nitrogens with one attached hydrogen (secondary N) is 1. The molecule has 0 aromatic rings. The van der Waals surface area contributed by atoms with Gasteiger partial charge in [-0.25, -0.2) is 4.79 Å². The van der Waals surface area contributed by atoms with Gasteiger partial charge in [0.2, 0.25) is 0 Å². The molecule has 0 aromatic heterocycles. The van der Waals surface area contributed by atoms with Crippen LogP contribution in [0.3, 0.4) is 0 Å². The van der Waals surface area contributed by atoms with Crippen LogP contribution in [-0.4, -0.2) is 11.7 Å². The fraction of sp³-hybridized carbons (Fsp3) is 0. The molecular weight excluding hydrogens is 163 g/mol. The van der Waals surface area contributed by atoms with Gasteiger partial charge >= 0.3 is 6.03 Å². The van der Waals surface area contributed by atoms with E-state index in [0.717, 1.165) is 5.32 Å². The maximum atomic E-state index is 9.97. The molecule has 10 heavy (non-hydrogen) atoms. The highest BCUT2D eigenvalue weighted by atomic mass is 31.2. The molecule has 0 rings (SSSR count). The van der Waals surface area contributed by atoms with Crippen molar-refractivity contribution in [3.63, 3.8) is 0 Å². The Morgan fingerprint density at radius 3 is 1.90 bits per heavy atom. The predicted octanol–water partition coefficient (Wildman–Crippen LogP) is -2.31. The lowest BCUT2D eigenvalue weighted by Gasteiger charge is -2.25. The van der Waals surface area contributed by atoms with Gasteiger partial charge in [-0.1, -0.05) is 0 Å². The maximum absolute atomic E-state index is 9.97. The number of carbonyl (C=O) groups excluding carboxylic acids is 2. The number of imide groups is 1. The minimum Gasteiger partial charge on any atom is -0.804 e. The Hall–Kier alpha value is -0.910. The zero-order chi connectivity index (χ0) is 8.36. The van der Waals surface area contributed by atoms with Crippen LogP contribution in [0.1, 0.15) is 0 Å². The standard InChI is InChI=1S/C2H5N2O5P/c3-1(5)4-2(6)10(7,8)9/h(H2,7,8,9)(H3,3,4,5,6)/p-2. The van der Waals surface area contributed by atoms with Crippen LogP contribution < -0.4 is 20.8 Å². The predicted molar refractivity (Wildman–Crippen MR) is 25.7 cm³/mol. The first-order valence-corrected chi connectivity index (χ1v) is 3.51. The van der Waals surface area contributed by atoms with E-state index in [4.69, 9.17) is 0 Å². The molecule has 3 N–H and O–H groups in total. The van der Waals surface area contributed by atoms with E-state index in [0.29, 0.717) is 0 Å². The van der Waals surface area contributed by atoms with E-state index in [1.807, 2.05) is 0 Å². The lowest BCUT2D eigenvalue weighted by atomic mass is 11.0. The molecule has 0 bridgehead atoms. The topological polar surface area (TPSA) is 135 Å². The molecule has 0 saturated carbocycles. The first-order valence-electron chi connectivity index (χ1n) is 1.97. The maximum Gasteiger partial charge on any atom is 0.319 e. The first-order chi connectivity index (χ1) is 4.34. The van der Waals surface area contributed by atoms with Gasteiger partial charge in [0.1, 0.15) is 0 Å². The lowest BCUT2D eigenvalue weighted by molar-refractivity contribution is -0.307. The highest BCUT2D eigenvalue weighted by molar-refractivity contribution is 7.67. The van der Waals surface area contributed by atoms with Gasteiger partial charge in [-0.05, 0) is 0 Å². The van der Waals surface area contributed by atoms with Crippen molar-refractivity contribution in [2.75, 3.05) is 0 Å². The molecule has 58 valence electrons. The molecule has 0 spiro atoms. The van der Waals surface area contributed by atoms with E-state index < -0.39 is 19.3 Å². The number of nitrogens with two attached hydrogens (primary N) is 1. The molecule has 7 nitrogen and oxygen atoms in total. The Bertz CT molecular complexity index is 206. The molecule has 0 radical (unpaired) electrons. The molecule has 0 unspecified atom stereocenters. The van der Waals surface area contributed by atoms with Crippen LogP contribution in [0.25, 0.3) is 0 Å². The molecule has 8 heteroatoms. The van der Waals surface area contributed by atoms with Crippen LogP contribution in [-0.2, 0) is 4.57 Å². The summed E-state index contributed by atoms with van der Waals surface area (Å²) in [7, 11) is -5.36. The minimum atomic E-state index is -5.36. The van der Waals surface area contributed by atoms with Crippen LogP contribution in [0.5, 0.6) is 0 Å². The minimum absolute atomic E-state index is 1.09. The molecule has 0 aliphatic rings. The molecule has 0 aliphatic heterocycles. The number of urea groups is 1. The summed E-state index contributed by atoms with van der Waals surface area (Å²) in [4.78, 5) is 39.2. The summed E-state index contributed by atoms with van der Waals surface area (Å²) in [6.45, 7) is 0. The van der Waals surface area contributed by atoms with Gasteiger partial charge in [0, 0.05) is 7.60 Å². The van der Waals surface area contributed by atoms with Crippen molar-refractivity contribution in [1.29, 1.82) is 0 Å². The fourth-order valence-electron chi connectivity index (χ4n) is 0.174. The Morgan fingerprint density at radius 2 is 1.80 bits per heavy atom. The monoisotopic (exact) mass is 166 g/mol. The van der Waals surface area contributed by atoms with Crippen molar-refractivity contribution < 1.29 is 23.9 Å². The Labute approximate surface area is 55.4 Å². The van der Waals surface area contributed by atoms with E-state index in [1.54, 1.807) is 0 Å². The zero-order valence-corrected chi connectivity index (χ0v) is 5.46. The van der Waals surface area contributed by atoms with Gasteiger partial charge in [0.15, 0.2) is 0 Å². The van der Waals surface area contributed by atoms with E-state index in [-0.39, 0.29) is 0 Å². The second-order valence-electron chi connectivity index (χ2n) is 1.29. The van der Waals surface area contributed by atoms with Gasteiger partial charge < -0.3 is 20.1 Å². The molecular formula is C2H3N2O5P-2. The van der Waals surface area contributed by atoms with Crippen molar-refractivity contribution >= 4 is 19.3 Å². The quantitative estimate of drug-likeness (QED) is 0.421. The van der Waals surface area contributed by atoms with Crippen molar-refractivity contribution in [1.82, 2.24) is 5.32 Å². The zero-order valence-electron chi connectivity index (χ0n) is 4.57. The number of carbonyl (C=O) groups is 2. The Balaban J connectivity index is 4.13. The number of hydrogen-bond acceptors (Lipinski definition) is 5. The van der Waals surface area contributed by atoms with Crippen LogP contribution in [0, 0.1) is 0 Å². The van der Waals surface area contributed by atoms with E-state index >= 15 is 0 Å². The Kier molecular flexibility index (Phi) is 2.53. The van der Waals surface area contributed by atoms with Crippen LogP contribution >= 0.6 is 7.60 Å². The Morgan fingerprint density at radius 1 is 1.40 bits per heavy atom. The number of rotatable bonds is 1. The second-order valence-corrected chi connectivity index (χ2v) is 2.69. The summed E-state index contributed by atoms with van der Waals surface area (Å²) >= 11 is 0. The average Bonchev–Trinajstić information content (AvgIpc) is 1.60. The highest BCUT2D eigenvalue weighted by Crippen LogP contribution is 2.22. The summed E-state index contributed by atoms with van der Waals surface area (Å²) in [6.07, 6.45) is 0. The molecule has 0 heterocycles. The normalized spacial score (nSPS) is 10.6. The van der Waals surface area contributed by atoms with Gasteiger partial charge in [-0.15, -0.1) is 0 Å². The van der Waals surface area contributed by atoms with Gasteiger partial charge in [0.25, 0.3) is 5.65 Å². The van der Waals surface area contributed by atoms with E-state index in [1.165, 1.54) is 0 Å². The molecule has 0 aliphatic carbocycles.